The second-order valence-corrected chi connectivity index (χ2v) is 5.42. The van der Waals surface area contributed by atoms with Gasteiger partial charge in [0, 0.05) is 21.7 Å². The van der Waals surface area contributed by atoms with Crippen LogP contribution in [0.15, 0.2) is 36.4 Å². The van der Waals surface area contributed by atoms with Gasteiger partial charge in [0.1, 0.15) is 11.6 Å². The molecule has 0 aliphatic carbocycles. The van der Waals surface area contributed by atoms with Crippen LogP contribution >= 0.6 is 34.8 Å². The van der Waals surface area contributed by atoms with E-state index in [4.69, 9.17) is 39.5 Å². The molecule has 0 radical (unpaired) electrons. The first-order chi connectivity index (χ1) is 10.4. The van der Waals surface area contributed by atoms with Gasteiger partial charge in [-0.1, -0.05) is 40.9 Å². The number of ether oxygens (including phenoxy) is 1. The zero-order chi connectivity index (χ0) is 16.3. The molecule has 0 heterocycles. The molecule has 0 aromatic heterocycles. The lowest BCUT2D eigenvalue weighted by Crippen LogP contribution is -2.06. The molecule has 0 aliphatic rings. The molecule has 5 nitrogen and oxygen atoms in total. The first-order valence-corrected chi connectivity index (χ1v) is 7.07. The van der Waals surface area contributed by atoms with Gasteiger partial charge in [0.25, 0.3) is 5.69 Å². The fraction of sp³-hybridized carbons (Fsp3) is 0.0714. The summed E-state index contributed by atoms with van der Waals surface area (Å²) in [6, 6.07) is 8.55. The molecular weight excluding hydrogens is 353 g/mol. The maximum atomic E-state index is 12.0. The molecule has 0 atom stereocenters. The number of rotatable bonds is 4. The maximum absolute atomic E-state index is 12.0. The van der Waals surface area contributed by atoms with E-state index in [0.717, 1.165) is 6.07 Å². The zero-order valence-corrected chi connectivity index (χ0v) is 13.2. The van der Waals surface area contributed by atoms with Crippen LogP contribution in [0.25, 0.3) is 0 Å². The third kappa shape index (κ3) is 3.68. The van der Waals surface area contributed by atoms with Crippen molar-refractivity contribution in [3.8, 4) is 0 Å². The monoisotopic (exact) mass is 359 g/mol. The quantitative estimate of drug-likeness (QED) is 0.441. The third-order valence-corrected chi connectivity index (χ3v) is 3.82. The Morgan fingerprint density at radius 2 is 1.73 bits per heavy atom. The van der Waals surface area contributed by atoms with Crippen LogP contribution in [0.3, 0.4) is 0 Å². The van der Waals surface area contributed by atoms with E-state index in [1.165, 1.54) is 12.1 Å². The summed E-state index contributed by atoms with van der Waals surface area (Å²) in [6.07, 6.45) is 0. The molecular formula is C14H8Cl3NO4. The van der Waals surface area contributed by atoms with E-state index in [1.807, 2.05) is 0 Å². The molecule has 2 rings (SSSR count). The Kier molecular flexibility index (Phi) is 5.24. The van der Waals surface area contributed by atoms with Crippen LogP contribution in [-0.4, -0.2) is 10.9 Å². The van der Waals surface area contributed by atoms with Crippen molar-refractivity contribution in [1.82, 2.24) is 0 Å². The van der Waals surface area contributed by atoms with E-state index in [1.54, 1.807) is 18.2 Å². The summed E-state index contributed by atoms with van der Waals surface area (Å²) >= 11 is 17.6. The highest BCUT2D eigenvalue weighted by Gasteiger charge is 2.18. The van der Waals surface area contributed by atoms with Gasteiger partial charge in [-0.3, -0.25) is 10.1 Å². The van der Waals surface area contributed by atoms with Gasteiger partial charge in [0.05, 0.1) is 10.5 Å². The van der Waals surface area contributed by atoms with Crippen LogP contribution in [0, 0.1) is 10.1 Å². The fourth-order valence-corrected chi connectivity index (χ4v) is 2.36. The van der Waals surface area contributed by atoms with E-state index in [2.05, 4.69) is 0 Å². The van der Waals surface area contributed by atoms with Crippen molar-refractivity contribution in [3.63, 3.8) is 0 Å². The summed E-state index contributed by atoms with van der Waals surface area (Å²) in [6.45, 7) is -0.145. The third-order valence-electron chi connectivity index (χ3n) is 2.79. The highest BCUT2D eigenvalue weighted by molar-refractivity contribution is 6.36. The molecule has 0 fully saturated rings. The first kappa shape index (κ1) is 16.5. The molecule has 0 saturated carbocycles. The van der Waals surface area contributed by atoms with Crippen molar-refractivity contribution >= 4 is 46.5 Å². The van der Waals surface area contributed by atoms with Crippen molar-refractivity contribution in [2.45, 2.75) is 6.61 Å². The largest absolute Gasteiger partial charge is 0.457 e. The van der Waals surface area contributed by atoms with Gasteiger partial charge < -0.3 is 4.74 Å². The van der Waals surface area contributed by atoms with Crippen LogP contribution in [0.2, 0.25) is 15.1 Å². The van der Waals surface area contributed by atoms with Crippen molar-refractivity contribution in [1.29, 1.82) is 0 Å². The Balaban J connectivity index is 2.16. The average molecular weight is 361 g/mol. The van der Waals surface area contributed by atoms with Crippen molar-refractivity contribution in [2.75, 3.05) is 0 Å². The normalized spacial score (nSPS) is 10.3. The molecule has 8 heteroatoms. The van der Waals surface area contributed by atoms with Gasteiger partial charge in [-0.25, -0.2) is 4.79 Å². The van der Waals surface area contributed by atoms with Crippen molar-refractivity contribution in [3.05, 3.63) is 72.7 Å². The molecule has 0 spiro atoms. The molecule has 0 N–H and O–H groups in total. The van der Waals surface area contributed by atoms with E-state index >= 15 is 0 Å². The van der Waals surface area contributed by atoms with E-state index in [0.29, 0.717) is 15.6 Å². The van der Waals surface area contributed by atoms with Crippen LogP contribution in [-0.2, 0) is 11.3 Å². The number of esters is 1. The van der Waals surface area contributed by atoms with Crippen molar-refractivity contribution in [2.24, 2.45) is 0 Å². The highest BCUT2D eigenvalue weighted by Crippen LogP contribution is 2.27. The first-order valence-electron chi connectivity index (χ1n) is 5.94. The number of nitro benzene ring substituents is 1. The SMILES string of the molecule is O=C(OCc1c(Cl)cccc1Cl)c1ccc(Cl)c([N+](=O)[O-])c1. The van der Waals surface area contributed by atoms with E-state index in [-0.39, 0.29) is 22.9 Å². The standard InChI is InChI=1S/C14H8Cl3NO4/c15-10-2-1-3-11(16)9(10)7-22-14(19)8-4-5-12(17)13(6-8)18(20)21/h1-6H,7H2. The topological polar surface area (TPSA) is 69.4 Å². The number of carbonyl (C=O) groups is 1. The Bertz CT molecular complexity index is 729. The van der Waals surface area contributed by atoms with Gasteiger partial charge in [-0.2, -0.15) is 0 Å². The second kappa shape index (κ2) is 6.96. The fourth-order valence-electron chi connectivity index (χ4n) is 1.67. The number of carbonyl (C=O) groups excluding carboxylic acids is 1. The zero-order valence-electron chi connectivity index (χ0n) is 10.9. The average Bonchev–Trinajstić information content (AvgIpc) is 2.46. The highest BCUT2D eigenvalue weighted by atomic mass is 35.5. The molecule has 114 valence electrons. The molecule has 2 aromatic carbocycles. The number of hydrogen-bond acceptors (Lipinski definition) is 4. The van der Waals surface area contributed by atoms with Crippen LogP contribution < -0.4 is 0 Å². The lowest BCUT2D eigenvalue weighted by Gasteiger charge is -2.08. The molecule has 0 amide bonds. The molecule has 2 aromatic rings. The summed E-state index contributed by atoms with van der Waals surface area (Å²) in [5.41, 5.74) is 0.105. The smallest absolute Gasteiger partial charge is 0.338 e. The number of nitrogens with zero attached hydrogens (tertiary/aromatic N) is 1. The summed E-state index contributed by atoms with van der Waals surface area (Å²) < 4.78 is 5.08. The van der Waals surface area contributed by atoms with Gasteiger partial charge in [0.15, 0.2) is 0 Å². The second-order valence-electron chi connectivity index (χ2n) is 4.20. The van der Waals surface area contributed by atoms with Crippen LogP contribution in [0.4, 0.5) is 5.69 Å². The summed E-state index contributed by atoms with van der Waals surface area (Å²) in [7, 11) is 0. The Morgan fingerprint density at radius 1 is 1.09 bits per heavy atom. The molecule has 0 unspecified atom stereocenters. The van der Waals surface area contributed by atoms with Crippen molar-refractivity contribution < 1.29 is 14.5 Å². The Labute approximate surface area is 140 Å². The lowest BCUT2D eigenvalue weighted by molar-refractivity contribution is -0.384. The van der Waals surface area contributed by atoms with Gasteiger partial charge >= 0.3 is 5.97 Å². The lowest BCUT2D eigenvalue weighted by atomic mass is 10.2. The minimum Gasteiger partial charge on any atom is -0.457 e. The summed E-state index contributed by atoms with van der Waals surface area (Å²) in [5, 5.41) is 11.5. The summed E-state index contributed by atoms with van der Waals surface area (Å²) in [5.74, 6) is -0.740. The number of halogens is 3. The Morgan fingerprint density at radius 3 is 2.32 bits per heavy atom. The van der Waals surface area contributed by atoms with Crippen LogP contribution in [0.1, 0.15) is 15.9 Å². The predicted molar refractivity (Wildman–Crippen MR) is 83.7 cm³/mol. The van der Waals surface area contributed by atoms with Gasteiger partial charge in [-0.05, 0) is 24.3 Å². The van der Waals surface area contributed by atoms with Gasteiger partial charge in [0.2, 0.25) is 0 Å². The minimum absolute atomic E-state index is 0.0132. The van der Waals surface area contributed by atoms with E-state index < -0.39 is 10.9 Å². The molecule has 0 bridgehead atoms. The Hall–Kier alpha value is -1.82. The predicted octanol–water partition coefficient (Wildman–Crippen LogP) is 4.91. The maximum Gasteiger partial charge on any atom is 0.338 e. The van der Waals surface area contributed by atoms with Gasteiger partial charge in [-0.15, -0.1) is 0 Å². The summed E-state index contributed by atoms with van der Waals surface area (Å²) in [4.78, 5) is 22.1. The number of hydrogen-bond donors (Lipinski definition) is 0. The number of benzene rings is 2. The molecule has 0 aliphatic heterocycles. The van der Waals surface area contributed by atoms with Crippen LogP contribution in [0.5, 0.6) is 0 Å². The minimum atomic E-state index is -0.740. The number of nitro groups is 1. The molecule has 22 heavy (non-hydrogen) atoms. The molecule has 0 saturated heterocycles. The van der Waals surface area contributed by atoms with E-state index in [9.17, 15) is 14.9 Å².